The lowest BCUT2D eigenvalue weighted by molar-refractivity contribution is -0.361. The first-order valence-electron chi connectivity index (χ1n) is 20.1. The molecule has 3 heterocycles. The van der Waals surface area contributed by atoms with Crippen molar-refractivity contribution in [2.45, 2.75) is 118 Å². The van der Waals surface area contributed by atoms with Gasteiger partial charge in [-0.1, -0.05) is 61.5 Å². The van der Waals surface area contributed by atoms with Gasteiger partial charge in [-0.05, 0) is 16.7 Å². The van der Waals surface area contributed by atoms with Gasteiger partial charge in [0.15, 0.2) is 12.6 Å². The minimum atomic E-state index is -2.76. The molecule has 5 rings (SSSR count). The van der Waals surface area contributed by atoms with Crippen molar-refractivity contribution in [2.75, 3.05) is 33.5 Å². The molecule has 0 aromatic heterocycles. The van der Waals surface area contributed by atoms with Crippen molar-refractivity contribution in [3.8, 4) is 11.1 Å². The van der Waals surface area contributed by atoms with Crippen LogP contribution in [0.25, 0.3) is 11.1 Å². The summed E-state index contributed by atoms with van der Waals surface area (Å²) in [5.74, 6) is -7.55. The fraction of sp³-hybridized carbons (Fsp3) is 0.610. The number of carbonyl (C=O) groups is 4. The van der Waals surface area contributed by atoms with Crippen LogP contribution in [0.3, 0.4) is 0 Å². The highest BCUT2D eigenvalue weighted by molar-refractivity contribution is 5.79. The highest BCUT2D eigenvalue weighted by Crippen LogP contribution is 2.38. The first-order valence-corrected chi connectivity index (χ1v) is 20.1. The van der Waals surface area contributed by atoms with E-state index in [1.54, 1.807) is 12.1 Å². The number of aliphatic hydroxyl groups is 8. The lowest BCUT2D eigenvalue weighted by Crippen LogP contribution is -2.68. The maximum atomic E-state index is 12.8. The number of aliphatic hydroxyl groups excluding tert-OH is 8. The number of hydrogen-bond acceptors (Lipinski definition) is 19. The maximum absolute atomic E-state index is 12.8. The number of amides is 2. The SMILES string of the molecule is COC(=O)CO[C@@H]1OC(CO)[C@@H](O[C@@H]2OC(CO[C@]3(C(=O)O)C[C@@H](O)[C@@H](C)C([C@H](O)[C@H](O)CNC(=O)Cc4ccc(-c5ccccc5)cc4)O3)[C@H](O)[C@H](O)C2O)[C@@H](O)C1NC(C)=O. The van der Waals surface area contributed by atoms with E-state index >= 15 is 0 Å². The van der Waals surface area contributed by atoms with Crippen molar-refractivity contribution in [3.05, 3.63) is 60.2 Å². The largest absolute Gasteiger partial charge is 0.477 e. The molecule has 0 aliphatic carbocycles. The summed E-state index contributed by atoms with van der Waals surface area (Å²) in [5, 5.41) is 102. The highest BCUT2D eigenvalue weighted by Gasteiger charge is 2.56. The summed E-state index contributed by atoms with van der Waals surface area (Å²) in [6.45, 7) is -0.420. The summed E-state index contributed by atoms with van der Waals surface area (Å²) in [5.41, 5.74) is 2.62. The maximum Gasteiger partial charge on any atom is 0.364 e. The van der Waals surface area contributed by atoms with Gasteiger partial charge in [-0.3, -0.25) is 9.59 Å². The van der Waals surface area contributed by atoms with Gasteiger partial charge in [-0.25, -0.2) is 9.59 Å². The van der Waals surface area contributed by atoms with Crippen LogP contribution in [0.2, 0.25) is 0 Å². The van der Waals surface area contributed by atoms with Crippen LogP contribution in [0.1, 0.15) is 25.8 Å². The Balaban J connectivity index is 1.22. The number of aliphatic carboxylic acids is 1. The number of carboxylic acids is 1. The van der Waals surface area contributed by atoms with Crippen molar-refractivity contribution in [3.63, 3.8) is 0 Å². The van der Waals surface area contributed by atoms with Crippen LogP contribution in [0.5, 0.6) is 0 Å². The van der Waals surface area contributed by atoms with E-state index in [2.05, 4.69) is 15.4 Å². The van der Waals surface area contributed by atoms with E-state index in [-0.39, 0.29) is 6.42 Å². The second-order valence-electron chi connectivity index (χ2n) is 15.6. The summed E-state index contributed by atoms with van der Waals surface area (Å²) in [6, 6.07) is 15.4. The molecule has 0 bridgehead atoms. The minimum Gasteiger partial charge on any atom is -0.477 e. The zero-order valence-corrected chi connectivity index (χ0v) is 34.6. The average Bonchev–Trinajstić information content (AvgIpc) is 3.27. The first kappa shape index (κ1) is 49.8. The van der Waals surface area contributed by atoms with E-state index in [0.717, 1.165) is 25.2 Å². The van der Waals surface area contributed by atoms with Crippen LogP contribution in [0.15, 0.2) is 54.6 Å². The molecule has 3 saturated heterocycles. The third-order valence-electron chi connectivity index (χ3n) is 11.2. The van der Waals surface area contributed by atoms with Crippen molar-refractivity contribution < 1.29 is 98.3 Å². The third kappa shape index (κ3) is 12.1. The summed E-state index contributed by atoms with van der Waals surface area (Å²) in [7, 11) is 1.09. The van der Waals surface area contributed by atoms with Crippen LogP contribution in [-0.4, -0.2) is 195 Å². The predicted molar refractivity (Wildman–Crippen MR) is 210 cm³/mol. The Bertz CT molecular complexity index is 1820. The fourth-order valence-corrected chi connectivity index (χ4v) is 7.49. The number of ether oxygens (including phenoxy) is 7. The molecule has 3 aliphatic rings. The normalized spacial score (nSPS) is 34.3. The van der Waals surface area contributed by atoms with E-state index < -0.39 is 154 Å². The van der Waals surface area contributed by atoms with Crippen molar-refractivity contribution in [1.82, 2.24) is 10.6 Å². The van der Waals surface area contributed by atoms with Crippen molar-refractivity contribution >= 4 is 23.8 Å². The molecule has 3 aliphatic heterocycles. The summed E-state index contributed by atoms with van der Waals surface area (Å²) in [6.07, 6.45) is -23.7. The Kier molecular flexibility index (Phi) is 17.5. The predicted octanol–water partition coefficient (Wildman–Crippen LogP) is -3.72. The number of carboxylic acid groups (broad SMARTS) is 1. The molecule has 0 spiro atoms. The topological polar surface area (TPSA) is 339 Å². The number of methoxy groups -OCH3 is 1. The lowest BCUT2D eigenvalue weighted by Gasteiger charge is -2.48. The fourth-order valence-electron chi connectivity index (χ4n) is 7.49. The van der Waals surface area contributed by atoms with Crippen molar-refractivity contribution in [2.24, 2.45) is 5.92 Å². The van der Waals surface area contributed by atoms with E-state index in [9.17, 15) is 65.1 Å². The molecular formula is C41H56N2O20. The highest BCUT2D eigenvalue weighted by atomic mass is 16.8. The quantitative estimate of drug-likeness (QED) is 0.0641. The molecule has 3 fully saturated rings. The molecule has 22 heteroatoms. The number of benzene rings is 2. The molecule has 350 valence electrons. The van der Waals surface area contributed by atoms with Crippen LogP contribution >= 0.6 is 0 Å². The van der Waals surface area contributed by atoms with E-state index in [1.807, 2.05) is 42.5 Å². The van der Waals surface area contributed by atoms with Gasteiger partial charge in [0.25, 0.3) is 5.79 Å². The van der Waals surface area contributed by atoms with Gasteiger partial charge in [-0.15, -0.1) is 0 Å². The Labute approximate surface area is 361 Å². The minimum absolute atomic E-state index is 0.0574. The molecule has 0 saturated carbocycles. The monoisotopic (exact) mass is 896 g/mol. The molecule has 63 heavy (non-hydrogen) atoms. The van der Waals surface area contributed by atoms with Gasteiger partial charge in [0.2, 0.25) is 11.8 Å². The zero-order valence-electron chi connectivity index (χ0n) is 34.6. The van der Waals surface area contributed by atoms with Gasteiger partial charge in [0.05, 0.1) is 45.1 Å². The second-order valence-corrected chi connectivity index (χ2v) is 15.6. The number of hydrogen-bond donors (Lipinski definition) is 11. The molecule has 22 nitrogen and oxygen atoms in total. The van der Waals surface area contributed by atoms with Gasteiger partial charge >= 0.3 is 11.9 Å². The summed E-state index contributed by atoms with van der Waals surface area (Å²) in [4.78, 5) is 49.3. The molecule has 2 amide bonds. The Hall–Kier alpha value is -4.24. The van der Waals surface area contributed by atoms with Gasteiger partial charge < -0.3 is 89.8 Å². The average molecular weight is 897 g/mol. The summed E-state index contributed by atoms with van der Waals surface area (Å²) >= 11 is 0. The Morgan fingerprint density at radius 1 is 0.873 bits per heavy atom. The molecular weight excluding hydrogens is 840 g/mol. The van der Waals surface area contributed by atoms with Gasteiger partial charge in [-0.2, -0.15) is 0 Å². The van der Waals surface area contributed by atoms with Crippen LogP contribution in [0.4, 0.5) is 0 Å². The lowest BCUT2D eigenvalue weighted by atomic mass is 9.84. The molecule has 2 aromatic rings. The van der Waals surface area contributed by atoms with E-state index in [4.69, 9.17) is 28.4 Å². The Morgan fingerprint density at radius 2 is 1.52 bits per heavy atom. The molecule has 11 N–H and O–H groups in total. The number of esters is 1. The molecule has 2 aromatic carbocycles. The van der Waals surface area contributed by atoms with E-state index in [0.29, 0.717) is 5.56 Å². The Morgan fingerprint density at radius 3 is 2.14 bits per heavy atom. The van der Waals surface area contributed by atoms with Crippen LogP contribution < -0.4 is 10.6 Å². The first-order chi connectivity index (χ1) is 29.9. The smallest absolute Gasteiger partial charge is 0.364 e. The second kappa shape index (κ2) is 22.1. The summed E-state index contributed by atoms with van der Waals surface area (Å²) < 4.78 is 38.4. The van der Waals surface area contributed by atoms with Crippen molar-refractivity contribution in [1.29, 1.82) is 0 Å². The van der Waals surface area contributed by atoms with Crippen LogP contribution in [0, 0.1) is 5.92 Å². The standard InChI is InChI=1S/C41H56N2O20/c1-19-24(46)14-41(40(55)56,63-36(19)31(50)25(47)15-42-28(48)13-21-9-11-23(12-10-21)22-7-5-4-6-8-22)59-17-27-32(51)34(53)35(54)39(61-27)62-37-26(16-44)60-38(58-18-29(49)57-3)30(33(37)52)43-20(2)45/h4-12,19,24-27,30-39,44,46-47,50-54H,13-18H2,1-3H3,(H,42,48)(H,43,45)(H,55,56)/t19-,24-,25-,26?,27?,30?,31-,32+,33+,34+,35?,36?,37-,38-,39+,41-/m1/s1. The zero-order chi connectivity index (χ0) is 46.2. The number of nitrogens with one attached hydrogen (secondary N) is 2. The number of rotatable bonds is 18. The van der Waals surface area contributed by atoms with E-state index in [1.165, 1.54) is 6.92 Å². The molecule has 5 unspecified atom stereocenters. The van der Waals surface area contributed by atoms with Gasteiger partial charge in [0.1, 0.15) is 61.5 Å². The van der Waals surface area contributed by atoms with Crippen LogP contribution in [-0.2, 0) is 58.8 Å². The molecule has 0 radical (unpaired) electrons. The third-order valence-corrected chi connectivity index (χ3v) is 11.2. The molecule has 16 atom stereocenters. The van der Waals surface area contributed by atoms with Gasteiger partial charge in [0, 0.05) is 25.8 Å². The number of carbonyl (C=O) groups excluding carboxylic acids is 3.